The van der Waals surface area contributed by atoms with Gasteiger partial charge in [-0.3, -0.25) is 9.78 Å². The average molecular weight is 288 g/mol. The zero-order valence-corrected chi connectivity index (χ0v) is 12.2. The second-order valence-electron chi connectivity index (χ2n) is 4.00. The molecule has 0 fully saturated rings. The second kappa shape index (κ2) is 6.91. The number of benzene rings is 1. The highest BCUT2D eigenvalue weighted by Gasteiger charge is 2.09. The van der Waals surface area contributed by atoms with Gasteiger partial charge in [0, 0.05) is 17.1 Å². The Bertz CT molecular complexity index is 586. The van der Waals surface area contributed by atoms with Crippen molar-refractivity contribution in [3.63, 3.8) is 0 Å². The number of anilines is 2. The van der Waals surface area contributed by atoms with Crippen LogP contribution in [0.3, 0.4) is 0 Å². The maximum Gasteiger partial charge on any atom is 0.275 e. The van der Waals surface area contributed by atoms with Gasteiger partial charge in [0.15, 0.2) is 0 Å². The van der Waals surface area contributed by atoms with Crippen molar-refractivity contribution in [1.82, 2.24) is 9.97 Å². The van der Waals surface area contributed by atoms with Crippen LogP contribution in [-0.4, -0.2) is 28.7 Å². The zero-order valence-electron chi connectivity index (χ0n) is 11.4. The van der Waals surface area contributed by atoms with E-state index in [2.05, 4.69) is 20.6 Å². The molecule has 0 atom stereocenters. The summed E-state index contributed by atoms with van der Waals surface area (Å²) in [4.78, 5) is 21.4. The fraction of sp³-hybridized carbons (Fsp3) is 0.214. The number of rotatable bonds is 5. The molecule has 0 bridgehead atoms. The van der Waals surface area contributed by atoms with Crippen LogP contribution in [-0.2, 0) is 0 Å². The molecule has 0 radical (unpaired) electrons. The van der Waals surface area contributed by atoms with E-state index in [-0.39, 0.29) is 11.6 Å². The fourth-order valence-electron chi connectivity index (χ4n) is 1.61. The lowest BCUT2D eigenvalue weighted by molar-refractivity contribution is 0.102. The number of thioether (sulfide) groups is 1. The Labute approximate surface area is 122 Å². The Morgan fingerprint density at radius 1 is 1.25 bits per heavy atom. The zero-order chi connectivity index (χ0) is 14.4. The molecule has 6 heteroatoms. The quantitative estimate of drug-likeness (QED) is 0.828. The first-order valence-electron chi connectivity index (χ1n) is 6.24. The van der Waals surface area contributed by atoms with Crippen molar-refractivity contribution in [3.05, 3.63) is 42.4 Å². The highest BCUT2D eigenvalue weighted by atomic mass is 32.2. The maximum absolute atomic E-state index is 12.1. The summed E-state index contributed by atoms with van der Waals surface area (Å²) in [6, 6.07) is 7.65. The molecule has 0 aliphatic rings. The van der Waals surface area contributed by atoms with Gasteiger partial charge in [-0.1, -0.05) is 0 Å². The van der Waals surface area contributed by atoms with E-state index in [0.717, 1.165) is 17.1 Å². The Hall–Kier alpha value is -2.08. The third kappa shape index (κ3) is 3.71. The molecular weight excluding hydrogens is 272 g/mol. The topological polar surface area (TPSA) is 66.9 Å². The minimum Gasteiger partial charge on any atom is -0.369 e. The number of amides is 1. The molecule has 20 heavy (non-hydrogen) atoms. The minimum absolute atomic E-state index is 0.269. The van der Waals surface area contributed by atoms with Crippen LogP contribution in [0.1, 0.15) is 17.4 Å². The van der Waals surface area contributed by atoms with Crippen molar-refractivity contribution in [3.8, 4) is 0 Å². The first kappa shape index (κ1) is 14.3. The van der Waals surface area contributed by atoms with Crippen molar-refractivity contribution in [2.45, 2.75) is 11.8 Å². The van der Waals surface area contributed by atoms with E-state index in [1.165, 1.54) is 6.20 Å². The van der Waals surface area contributed by atoms with E-state index in [1.54, 1.807) is 18.0 Å². The molecule has 1 aromatic carbocycles. The van der Waals surface area contributed by atoms with E-state index in [9.17, 15) is 4.79 Å². The van der Waals surface area contributed by atoms with E-state index >= 15 is 0 Å². The van der Waals surface area contributed by atoms with E-state index in [4.69, 9.17) is 0 Å². The van der Waals surface area contributed by atoms with Gasteiger partial charge in [-0.2, -0.15) is 0 Å². The van der Waals surface area contributed by atoms with E-state index in [1.807, 2.05) is 37.4 Å². The van der Waals surface area contributed by atoms with Gasteiger partial charge in [-0.25, -0.2) is 4.98 Å². The highest BCUT2D eigenvalue weighted by Crippen LogP contribution is 2.17. The summed E-state index contributed by atoms with van der Waals surface area (Å²) in [7, 11) is 0. The standard InChI is InChI=1S/C14H16N4OS/c1-3-16-13-9-15-8-12(18-13)14(19)17-10-4-6-11(20-2)7-5-10/h4-9H,3H2,1-2H3,(H,16,18)(H,17,19). The van der Waals surface area contributed by atoms with Crippen LogP contribution in [0.15, 0.2) is 41.6 Å². The number of hydrogen-bond donors (Lipinski definition) is 2. The molecule has 1 aromatic heterocycles. The predicted octanol–water partition coefficient (Wildman–Crippen LogP) is 2.88. The monoisotopic (exact) mass is 288 g/mol. The SMILES string of the molecule is CCNc1cncc(C(=O)Nc2ccc(SC)cc2)n1. The van der Waals surface area contributed by atoms with Crippen LogP contribution in [0.25, 0.3) is 0 Å². The lowest BCUT2D eigenvalue weighted by Gasteiger charge is -2.07. The van der Waals surface area contributed by atoms with E-state index in [0.29, 0.717) is 5.82 Å². The van der Waals surface area contributed by atoms with Crippen LogP contribution in [0.4, 0.5) is 11.5 Å². The Balaban J connectivity index is 2.08. The summed E-state index contributed by atoms with van der Waals surface area (Å²) >= 11 is 1.66. The number of hydrogen-bond acceptors (Lipinski definition) is 5. The van der Waals surface area contributed by atoms with Gasteiger partial charge in [0.05, 0.1) is 12.4 Å². The number of nitrogens with zero attached hydrogens (tertiary/aromatic N) is 2. The number of nitrogens with one attached hydrogen (secondary N) is 2. The summed E-state index contributed by atoms with van der Waals surface area (Å²) in [5.74, 6) is 0.326. The lowest BCUT2D eigenvalue weighted by Crippen LogP contribution is -2.15. The molecule has 0 spiro atoms. The lowest BCUT2D eigenvalue weighted by atomic mass is 10.3. The van der Waals surface area contributed by atoms with Crippen molar-refractivity contribution >= 4 is 29.2 Å². The Morgan fingerprint density at radius 2 is 2.00 bits per heavy atom. The normalized spacial score (nSPS) is 10.1. The van der Waals surface area contributed by atoms with Crippen LogP contribution in [0.2, 0.25) is 0 Å². The largest absolute Gasteiger partial charge is 0.369 e. The Kier molecular flexibility index (Phi) is 4.95. The van der Waals surface area contributed by atoms with Crippen LogP contribution >= 0.6 is 11.8 Å². The third-order valence-corrected chi connectivity index (χ3v) is 3.32. The molecule has 0 saturated heterocycles. The first-order chi connectivity index (χ1) is 9.72. The van der Waals surface area contributed by atoms with Crippen molar-refractivity contribution in [2.24, 2.45) is 0 Å². The number of aromatic nitrogens is 2. The smallest absolute Gasteiger partial charge is 0.275 e. The third-order valence-electron chi connectivity index (χ3n) is 2.57. The maximum atomic E-state index is 12.1. The molecule has 2 N–H and O–H groups in total. The van der Waals surface area contributed by atoms with Crippen LogP contribution in [0.5, 0.6) is 0 Å². The molecule has 0 unspecified atom stereocenters. The minimum atomic E-state index is -0.269. The molecule has 1 heterocycles. The average Bonchev–Trinajstić information content (AvgIpc) is 2.48. The molecule has 5 nitrogen and oxygen atoms in total. The summed E-state index contributed by atoms with van der Waals surface area (Å²) < 4.78 is 0. The summed E-state index contributed by atoms with van der Waals surface area (Å²) in [5, 5.41) is 5.83. The van der Waals surface area contributed by atoms with Crippen molar-refractivity contribution in [1.29, 1.82) is 0 Å². The molecular formula is C14H16N4OS. The van der Waals surface area contributed by atoms with Crippen molar-refractivity contribution < 1.29 is 4.79 Å². The molecule has 104 valence electrons. The summed E-state index contributed by atoms with van der Waals surface area (Å²) in [5.41, 5.74) is 1.03. The second-order valence-corrected chi connectivity index (χ2v) is 4.88. The van der Waals surface area contributed by atoms with Gasteiger partial charge in [0.1, 0.15) is 11.5 Å². The van der Waals surface area contributed by atoms with Crippen LogP contribution in [0, 0.1) is 0 Å². The first-order valence-corrected chi connectivity index (χ1v) is 7.46. The van der Waals surface area contributed by atoms with Gasteiger partial charge in [0.2, 0.25) is 0 Å². The van der Waals surface area contributed by atoms with Crippen LogP contribution < -0.4 is 10.6 Å². The molecule has 2 rings (SSSR count). The van der Waals surface area contributed by atoms with Gasteiger partial charge in [-0.15, -0.1) is 11.8 Å². The number of carbonyl (C=O) groups excluding carboxylic acids is 1. The van der Waals surface area contributed by atoms with Gasteiger partial charge < -0.3 is 10.6 Å². The van der Waals surface area contributed by atoms with Gasteiger partial charge in [0.25, 0.3) is 5.91 Å². The summed E-state index contributed by atoms with van der Waals surface area (Å²) in [6.45, 7) is 2.69. The Morgan fingerprint density at radius 3 is 2.65 bits per heavy atom. The molecule has 0 aliphatic carbocycles. The molecule has 1 amide bonds. The number of carbonyl (C=O) groups is 1. The highest BCUT2D eigenvalue weighted by molar-refractivity contribution is 7.98. The fourth-order valence-corrected chi connectivity index (χ4v) is 2.02. The van der Waals surface area contributed by atoms with E-state index < -0.39 is 0 Å². The molecule has 2 aromatic rings. The van der Waals surface area contributed by atoms with Gasteiger partial charge >= 0.3 is 0 Å². The molecule has 0 saturated carbocycles. The van der Waals surface area contributed by atoms with Gasteiger partial charge in [-0.05, 0) is 37.4 Å². The predicted molar refractivity (Wildman–Crippen MR) is 82.4 cm³/mol. The van der Waals surface area contributed by atoms with Crippen molar-refractivity contribution in [2.75, 3.05) is 23.4 Å². The summed E-state index contributed by atoms with van der Waals surface area (Å²) in [6.07, 6.45) is 5.05. The molecule has 0 aliphatic heterocycles.